The second-order valence-corrected chi connectivity index (χ2v) is 5.35. The highest BCUT2D eigenvalue weighted by Gasteiger charge is 2.42. The van der Waals surface area contributed by atoms with E-state index in [0.717, 1.165) is 13.2 Å². The molecule has 0 aliphatic carbocycles. The van der Waals surface area contributed by atoms with Crippen molar-refractivity contribution in [2.75, 3.05) is 13.2 Å². The Hall–Kier alpha value is -1.64. The molecule has 0 amide bonds. The molecule has 2 aromatic carbocycles. The first-order chi connectivity index (χ1) is 9.24. The summed E-state index contributed by atoms with van der Waals surface area (Å²) >= 11 is 0. The average Bonchev–Trinajstić information content (AvgIpc) is 2.38. The van der Waals surface area contributed by atoms with Crippen LogP contribution in [-0.4, -0.2) is 13.2 Å². The van der Waals surface area contributed by atoms with Crippen molar-refractivity contribution >= 4 is 0 Å². The maximum Gasteiger partial charge on any atom is 0.0669 e. The topological polar surface area (TPSA) is 35.2 Å². The highest BCUT2D eigenvalue weighted by molar-refractivity contribution is 5.44. The van der Waals surface area contributed by atoms with Gasteiger partial charge in [0.15, 0.2) is 0 Å². The number of nitrogens with two attached hydrogens (primary N) is 1. The van der Waals surface area contributed by atoms with Crippen molar-refractivity contribution in [1.29, 1.82) is 0 Å². The molecule has 0 aromatic heterocycles. The van der Waals surface area contributed by atoms with Crippen LogP contribution in [0.15, 0.2) is 48.5 Å². The number of rotatable bonds is 3. The van der Waals surface area contributed by atoms with Crippen molar-refractivity contribution in [2.45, 2.75) is 18.9 Å². The van der Waals surface area contributed by atoms with E-state index in [1.807, 2.05) is 0 Å². The number of hydrogen-bond donors (Lipinski definition) is 1. The molecule has 98 valence electrons. The van der Waals surface area contributed by atoms with Gasteiger partial charge < -0.3 is 10.5 Å². The summed E-state index contributed by atoms with van der Waals surface area (Å²) in [5.41, 5.74) is 10.9. The third-order valence-electron chi connectivity index (χ3n) is 3.98. The normalized spacial score (nSPS) is 16.9. The summed E-state index contributed by atoms with van der Waals surface area (Å²) in [6.07, 6.45) is 0. The minimum atomic E-state index is 0.0111. The van der Waals surface area contributed by atoms with Gasteiger partial charge in [0.1, 0.15) is 0 Å². The molecule has 19 heavy (non-hydrogen) atoms. The first-order valence-corrected chi connectivity index (χ1v) is 6.69. The maximum absolute atomic E-state index is 5.75. The SMILES string of the molecule is Cc1cccc(C2(c3cccc(CN)c3)COC2)c1. The Morgan fingerprint density at radius 1 is 1.05 bits per heavy atom. The van der Waals surface area contributed by atoms with Gasteiger partial charge in [0.2, 0.25) is 0 Å². The van der Waals surface area contributed by atoms with E-state index < -0.39 is 0 Å². The Kier molecular flexibility index (Phi) is 3.13. The van der Waals surface area contributed by atoms with Gasteiger partial charge in [-0.05, 0) is 23.6 Å². The highest BCUT2D eigenvalue weighted by Crippen LogP contribution is 2.39. The lowest BCUT2D eigenvalue weighted by Crippen LogP contribution is -2.47. The van der Waals surface area contributed by atoms with Crippen molar-refractivity contribution in [1.82, 2.24) is 0 Å². The number of aryl methyl sites for hydroxylation is 1. The molecule has 2 aromatic rings. The molecule has 1 heterocycles. The fraction of sp³-hybridized carbons (Fsp3) is 0.294. The van der Waals surface area contributed by atoms with Gasteiger partial charge in [-0.3, -0.25) is 0 Å². The van der Waals surface area contributed by atoms with Gasteiger partial charge in [0.25, 0.3) is 0 Å². The molecule has 0 radical (unpaired) electrons. The first kappa shape index (κ1) is 12.4. The van der Waals surface area contributed by atoms with E-state index in [9.17, 15) is 0 Å². The molecule has 0 unspecified atom stereocenters. The molecule has 0 saturated carbocycles. The fourth-order valence-electron chi connectivity index (χ4n) is 2.74. The lowest BCUT2D eigenvalue weighted by molar-refractivity contribution is -0.0380. The van der Waals surface area contributed by atoms with Crippen LogP contribution in [0.3, 0.4) is 0 Å². The van der Waals surface area contributed by atoms with Crippen LogP contribution in [0.4, 0.5) is 0 Å². The van der Waals surface area contributed by atoms with E-state index >= 15 is 0 Å². The molecule has 0 spiro atoms. The largest absolute Gasteiger partial charge is 0.379 e. The molecular formula is C17H19NO. The predicted molar refractivity (Wildman–Crippen MR) is 77.1 cm³/mol. The van der Waals surface area contributed by atoms with Crippen LogP contribution in [0.1, 0.15) is 22.3 Å². The van der Waals surface area contributed by atoms with Crippen molar-refractivity contribution in [3.05, 3.63) is 70.8 Å². The molecule has 1 saturated heterocycles. The zero-order chi connectivity index (χ0) is 13.3. The van der Waals surface area contributed by atoms with Crippen molar-refractivity contribution in [3.8, 4) is 0 Å². The lowest BCUT2D eigenvalue weighted by atomic mass is 9.72. The van der Waals surface area contributed by atoms with Gasteiger partial charge in [0, 0.05) is 6.54 Å². The molecule has 1 fully saturated rings. The number of benzene rings is 2. The summed E-state index contributed by atoms with van der Waals surface area (Å²) in [5.74, 6) is 0. The van der Waals surface area contributed by atoms with Crippen molar-refractivity contribution < 1.29 is 4.74 Å². The lowest BCUT2D eigenvalue weighted by Gasteiger charge is -2.43. The fourth-order valence-corrected chi connectivity index (χ4v) is 2.74. The van der Waals surface area contributed by atoms with E-state index in [1.165, 1.54) is 22.3 Å². The van der Waals surface area contributed by atoms with Gasteiger partial charge in [0.05, 0.1) is 18.6 Å². The molecule has 0 atom stereocenters. The summed E-state index contributed by atoms with van der Waals surface area (Å²) in [5, 5.41) is 0. The van der Waals surface area contributed by atoms with Crippen LogP contribution in [0.25, 0.3) is 0 Å². The third-order valence-corrected chi connectivity index (χ3v) is 3.98. The van der Waals surface area contributed by atoms with E-state index in [0.29, 0.717) is 6.54 Å². The van der Waals surface area contributed by atoms with Crippen LogP contribution in [0.5, 0.6) is 0 Å². The zero-order valence-corrected chi connectivity index (χ0v) is 11.2. The van der Waals surface area contributed by atoms with E-state index in [2.05, 4.69) is 55.5 Å². The Balaban J connectivity index is 2.08. The van der Waals surface area contributed by atoms with Gasteiger partial charge in [-0.25, -0.2) is 0 Å². The Bertz CT molecular complexity index is 587. The average molecular weight is 253 g/mol. The van der Waals surface area contributed by atoms with E-state index in [4.69, 9.17) is 10.5 Å². The maximum atomic E-state index is 5.75. The van der Waals surface area contributed by atoms with Gasteiger partial charge in [-0.15, -0.1) is 0 Å². The third kappa shape index (κ3) is 2.07. The second kappa shape index (κ2) is 4.80. The molecular weight excluding hydrogens is 234 g/mol. The van der Waals surface area contributed by atoms with Crippen molar-refractivity contribution in [3.63, 3.8) is 0 Å². The van der Waals surface area contributed by atoms with Gasteiger partial charge in [-0.2, -0.15) is 0 Å². The molecule has 1 aliphatic heterocycles. The van der Waals surface area contributed by atoms with Gasteiger partial charge >= 0.3 is 0 Å². The molecule has 2 N–H and O–H groups in total. The smallest absolute Gasteiger partial charge is 0.0669 e. The molecule has 3 rings (SSSR count). The Morgan fingerprint density at radius 2 is 1.74 bits per heavy atom. The van der Waals surface area contributed by atoms with Crippen LogP contribution in [0.2, 0.25) is 0 Å². The molecule has 2 heteroatoms. The van der Waals surface area contributed by atoms with E-state index in [-0.39, 0.29) is 5.41 Å². The second-order valence-electron chi connectivity index (χ2n) is 5.35. The van der Waals surface area contributed by atoms with Crippen LogP contribution in [-0.2, 0) is 16.7 Å². The minimum Gasteiger partial charge on any atom is -0.379 e. The quantitative estimate of drug-likeness (QED) is 0.913. The monoisotopic (exact) mass is 253 g/mol. The van der Waals surface area contributed by atoms with Crippen molar-refractivity contribution in [2.24, 2.45) is 5.73 Å². The summed E-state index contributed by atoms with van der Waals surface area (Å²) in [7, 11) is 0. The summed E-state index contributed by atoms with van der Waals surface area (Å²) in [6, 6.07) is 17.3. The highest BCUT2D eigenvalue weighted by atomic mass is 16.5. The molecule has 1 aliphatic rings. The van der Waals surface area contributed by atoms with Crippen LogP contribution < -0.4 is 5.73 Å². The Morgan fingerprint density at radius 3 is 2.32 bits per heavy atom. The summed E-state index contributed by atoms with van der Waals surface area (Å²) in [6.45, 7) is 4.22. The summed E-state index contributed by atoms with van der Waals surface area (Å²) in [4.78, 5) is 0. The molecule has 2 nitrogen and oxygen atoms in total. The Labute approximate surface area is 114 Å². The van der Waals surface area contributed by atoms with Crippen LogP contribution >= 0.6 is 0 Å². The van der Waals surface area contributed by atoms with E-state index in [1.54, 1.807) is 0 Å². The summed E-state index contributed by atoms with van der Waals surface area (Å²) < 4.78 is 5.53. The minimum absolute atomic E-state index is 0.0111. The standard InChI is InChI=1S/C17H19NO/c1-13-4-2-6-15(8-13)17(11-19-12-17)16-7-3-5-14(9-16)10-18/h2-9H,10-12,18H2,1H3. The number of hydrogen-bond acceptors (Lipinski definition) is 2. The first-order valence-electron chi connectivity index (χ1n) is 6.69. The predicted octanol–water partition coefficient (Wildman–Crippen LogP) is 2.77. The number of ether oxygens (including phenoxy) is 1. The van der Waals surface area contributed by atoms with Gasteiger partial charge in [-0.1, -0.05) is 54.1 Å². The zero-order valence-electron chi connectivity index (χ0n) is 11.2. The van der Waals surface area contributed by atoms with Crippen LogP contribution in [0, 0.1) is 6.92 Å². The molecule has 0 bridgehead atoms.